The third-order valence-electron chi connectivity index (χ3n) is 5.66. The van der Waals surface area contributed by atoms with Gasteiger partial charge in [0.1, 0.15) is 5.82 Å². The molecule has 0 saturated carbocycles. The molecule has 1 aromatic carbocycles. The second-order valence-electron chi connectivity index (χ2n) is 7.76. The Hall–Kier alpha value is -2.68. The number of aryl methyl sites for hydroxylation is 1. The van der Waals surface area contributed by atoms with Crippen LogP contribution in [-0.2, 0) is 9.59 Å². The van der Waals surface area contributed by atoms with E-state index < -0.39 is 5.82 Å². The van der Waals surface area contributed by atoms with Crippen LogP contribution in [0, 0.1) is 19.7 Å². The SMILES string of the molecule is Cc1[nH]c(/C=C2\C(=O)Nc3ccc(F)cc32)c(C)c1NC(=O)CCN1CCNCC1.Cl. The Kier molecular flexibility index (Phi) is 7.15. The zero-order chi connectivity index (χ0) is 21.3. The van der Waals surface area contributed by atoms with Crippen molar-refractivity contribution in [2.45, 2.75) is 20.3 Å². The largest absolute Gasteiger partial charge is 0.357 e. The van der Waals surface area contributed by atoms with Crippen LogP contribution in [0.3, 0.4) is 0 Å². The molecule has 7 nitrogen and oxygen atoms in total. The molecule has 2 aliphatic rings. The molecule has 4 rings (SSSR count). The Balaban J connectivity index is 0.00000272. The van der Waals surface area contributed by atoms with E-state index in [1.807, 2.05) is 13.8 Å². The summed E-state index contributed by atoms with van der Waals surface area (Å²) in [6.07, 6.45) is 2.13. The van der Waals surface area contributed by atoms with E-state index in [2.05, 4.69) is 25.8 Å². The van der Waals surface area contributed by atoms with Crippen molar-refractivity contribution < 1.29 is 14.0 Å². The van der Waals surface area contributed by atoms with Gasteiger partial charge in [-0.25, -0.2) is 4.39 Å². The number of halogens is 2. The number of carbonyl (C=O) groups excluding carboxylic acids is 2. The summed E-state index contributed by atoms with van der Waals surface area (Å²) in [6, 6.07) is 4.23. The predicted molar refractivity (Wildman–Crippen MR) is 123 cm³/mol. The summed E-state index contributed by atoms with van der Waals surface area (Å²) < 4.78 is 13.7. The molecule has 0 spiro atoms. The lowest BCUT2D eigenvalue weighted by molar-refractivity contribution is -0.116. The highest BCUT2D eigenvalue weighted by Gasteiger charge is 2.25. The summed E-state index contributed by atoms with van der Waals surface area (Å²) in [7, 11) is 0. The Morgan fingerprint density at radius 2 is 2.00 bits per heavy atom. The zero-order valence-electron chi connectivity index (χ0n) is 17.6. The first-order valence-electron chi connectivity index (χ1n) is 10.2. The van der Waals surface area contributed by atoms with Crippen LogP contribution in [0.2, 0.25) is 0 Å². The molecular weight excluding hydrogens is 421 g/mol. The third-order valence-corrected chi connectivity index (χ3v) is 5.66. The summed E-state index contributed by atoms with van der Waals surface area (Å²) in [5, 5.41) is 9.05. The molecule has 0 atom stereocenters. The summed E-state index contributed by atoms with van der Waals surface area (Å²) in [5.74, 6) is -0.708. The van der Waals surface area contributed by atoms with E-state index in [1.54, 1.807) is 12.1 Å². The van der Waals surface area contributed by atoms with Crippen LogP contribution in [-0.4, -0.2) is 54.4 Å². The molecule has 0 bridgehead atoms. The van der Waals surface area contributed by atoms with E-state index in [1.165, 1.54) is 12.1 Å². The van der Waals surface area contributed by atoms with Crippen molar-refractivity contribution in [1.29, 1.82) is 0 Å². The number of piperazine rings is 1. The van der Waals surface area contributed by atoms with Crippen LogP contribution in [0.25, 0.3) is 11.6 Å². The van der Waals surface area contributed by atoms with E-state index in [4.69, 9.17) is 0 Å². The minimum atomic E-state index is -0.395. The molecule has 3 heterocycles. The van der Waals surface area contributed by atoms with Gasteiger partial charge in [0.15, 0.2) is 0 Å². The van der Waals surface area contributed by atoms with Crippen LogP contribution < -0.4 is 16.0 Å². The number of aromatic amines is 1. The standard InChI is InChI=1S/C22H26FN5O2.ClH/c1-13-19(12-17-16-11-15(23)3-4-18(16)26-22(17)30)25-14(2)21(13)27-20(29)5-8-28-9-6-24-7-10-28;/h3-4,11-12,24-25H,5-10H2,1-2H3,(H,26,30)(H,27,29);1H/b17-12-;. The van der Waals surface area contributed by atoms with Gasteiger partial charge < -0.3 is 25.8 Å². The molecular formula is C22H27ClFN5O2. The Labute approximate surface area is 186 Å². The van der Waals surface area contributed by atoms with Crippen LogP contribution in [0.5, 0.6) is 0 Å². The number of benzene rings is 1. The highest BCUT2D eigenvalue weighted by atomic mass is 35.5. The number of rotatable bonds is 5. The maximum Gasteiger partial charge on any atom is 0.256 e. The van der Waals surface area contributed by atoms with Crippen LogP contribution in [0.15, 0.2) is 18.2 Å². The van der Waals surface area contributed by atoms with Gasteiger partial charge in [-0.05, 0) is 43.7 Å². The molecule has 0 radical (unpaired) electrons. The fourth-order valence-corrected chi connectivity index (χ4v) is 3.95. The monoisotopic (exact) mass is 447 g/mol. The highest BCUT2D eigenvalue weighted by Crippen LogP contribution is 2.35. The molecule has 0 unspecified atom stereocenters. The molecule has 1 saturated heterocycles. The number of nitrogens with one attached hydrogen (secondary N) is 4. The van der Waals surface area contributed by atoms with Crippen molar-refractivity contribution in [1.82, 2.24) is 15.2 Å². The molecule has 9 heteroatoms. The number of anilines is 2. The lowest BCUT2D eigenvalue weighted by atomic mass is 10.0. The van der Waals surface area contributed by atoms with Crippen LogP contribution in [0.1, 0.15) is 28.9 Å². The Morgan fingerprint density at radius 3 is 2.74 bits per heavy atom. The molecule has 2 amide bonds. The number of hydrogen-bond acceptors (Lipinski definition) is 4. The number of nitrogens with zero attached hydrogens (tertiary/aromatic N) is 1. The maximum atomic E-state index is 13.7. The molecule has 1 fully saturated rings. The first kappa shape index (κ1) is 23.0. The van der Waals surface area contributed by atoms with Gasteiger partial charge in [0.25, 0.3) is 5.91 Å². The molecule has 1 aromatic heterocycles. The zero-order valence-corrected chi connectivity index (χ0v) is 18.4. The smallest absolute Gasteiger partial charge is 0.256 e. The van der Waals surface area contributed by atoms with Gasteiger partial charge in [0, 0.05) is 61.8 Å². The van der Waals surface area contributed by atoms with Gasteiger partial charge in [-0.1, -0.05) is 0 Å². The minimum Gasteiger partial charge on any atom is -0.357 e. The summed E-state index contributed by atoms with van der Waals surface area (Å²) in [4.78, 5) is 30.4. The van der Waals surface area contributed by atoms with Gasteiger partial charge in [-0.2, -0.15) is 0 Å². The van der Waals surface area contributed by atoms with Gasteiger partial charge >= 0.3 is 0 Å². The maximum absolute atomic E-state index is 13.7. The van der Waals surface area contributed by atoms with Crippen molar-refractivity contribution in [3.63, 3.8) is 0 Å². The summed E-state index contributed by atoms with van der Waals surface area (Å²) in [5.41, 5.74) is 4.62. The minimum absolute atomic E-state index is 0. The number of fused-ring (bicyclic) bond motifs is 1. The Morgan fingerprint density at radius 1 is 1.26 bits per heavy atom. The quantitative estimate of drug-likeness (QED) is 0.530. The molecule has 166 valence electrons. The van der Waals surface area contributed by atoms with Gasteiger partial charge in [-0.15, -0.1) is 12.4 Å². The molecule has 4 N–H and O–H groups in total. The van der Waals surface area contributed by atoms with Crippen molar-refractivity contribution >= 4 is 47.2 Å². The van der Waals surface area contributed by atoms with Crippen molar-refractivity contribution in [3.05, 3.63) is 46.5 Å². The number of carbonyl (C=O) groups is 2. The first-order valence-corrected chi connectivity index (χ1v) is 10.2. The van der Waals surface area contributed by atoms with Crippen molar-refractivity contribution in [3.8, 4) is 0 Å². The van der Waals surface area contributed by atoms with Gasteiger partial charge in [0.2, 0.25) is 5.91 Å². The van der Waals surface area contributed by atoms with E-state index in [0.29, 0.717) is 28.9 Å². The normalized spacial score (nSPS) is 17.3. The van der Waals surface area contributed by atoms with E-state index in [0.717, 1.165) is 49.7 Å². The number of amides is 2. The average Bonchev–Trinajstić information content (AvgIpc) is 3.18. The third kappa shape index (κ3) is 4.98. The van der Waals surface area contributed by atoms with Crippen molar-refractivity contribution in [2.75, 3.05) is 43.4 Å². The average molecular weight is 448 g/mol. The highest BCUT2D eigenvalue weighted by molar-refractivity contribution is 6.34. The molecule has 31 heavy (non-hydrogen) atoms. The van der Waals surface area contributed by atoms with E-state index >= 15 is 0 Å². The van der Waals surface area contributed by atoms with E-state index in [9.17, 15) is 14.0 Å². The lowest BCUT2D eigenvalue weighted by Gasteiger charge is -2.26. The lowest BCUT2D eigenvalue weighted by Crippen LogP contribution is -2.44. The summed E-state index contributed by atoms with van der Waals surface area (Å²) >= 11 is 0. The number of H-pyrrole nitrogens is 1. The van der Waals surface area contributed by atoms with Crippen molar-refractivity contribution in [2.24, 2.45) is 0 Å². The van der Waals surface area contributed by atoms with Gasteiger partial charge in [-0.3, -0.25) is 9.59 Å². The van der Waals surface area contributed by atoms with Crippen LogP contribution >= 0.6 is 12.4 Å². The number of hydrogen-bond donors (Lipinski definition) is 4. The topological polar surface area (TPSA) is 89.3 Å². The van der Waals surface area contributed by atoms with Gasteiger partial charge in [0.05, 0.1) is 11.3 Å². The predicted octanol–water partition coefficient (Wildman–Crippen LogP) is 2.92. The fourth-order valence-electron chi connectivity index (χ4n) is 3.95. The second kappa shape index (κ2) is 9.64. The molecule has 0 aliphatic carbocycles. The first-order chi connectivity index (χ1) is 14.4. The molecule has 2 aliphatic heterocycles. The van der Waals surface area contributed by atoms with E-state index in [-0.39, 0.29) is 24.2 Å². The van der Waals surface area contributed by atoms with Crippen LogP contribution in [0.4, 0.5) is 15.8 Å². The Bertz CT molecular complexity index is 1030. The second-order valence-corrected chi connectivity index (χ2v) is 7.76. The number of aromatic nitrogens is 1. The fraction of sp³-hybridized carbons (Fsp3) is 0.364. The molecule has 2 aromatic rings. The summed E-state index contributed by atoms with van der Waals surface area (Å²) in [6.45, 7) is 8.32.